The second kappa shape index (κ2) is 6.52. The van der Waals surface area contributed by atoms with Crippen molar-refractivity contribution >= 4 is 33.5 Å². The fourth-order valence-electron chi connectivity index (χ4n) is 1.83. The normalized spacial score (nSPS) is 10.5. The summed E-state index contributed by atoms with van der Waals surface area (Å²) in [5, 5.41) is 13.3. The monoisotopic (exact) mass is 359 g/mol. The zero-order valence-corrected chi connectivity index (χ0v) is 13.4. The summed E-state index contributed by atoms with van der Waals surface area (Å²) in [6.45, 7) is 2.57. The molecule has 3 heterocycles. The minimum absolute atomic E-state index is 0.537. The zero-order chi connectivity index (χ0) is 15.4. The first-order chi connectivity index (χ1) is 10.7. The molecule has 0 fully saturated rings. The topological polar surface area (TPSA) is 91.4 Å². The molecule has 0 bridgehead atoms. The van der Waals surface area contributed by atoms with E-state index in [1.165, 1.54) is 0 Å². The highest BCUT2D eigenvalue weighted by Crippen LogP contribution is 2.23. The van der Waals surface area contributed by atoms with Crippen molar-refractivity contribution in [2.24, 2.45) is 0 Å². The molecule has 0 aromatic carbocycles. The van der Waals surface area contributed by atoms with Gasteiger partial charge in [-0.3, -0.25) is 10.1 Å². The summed E-state index contributed by atoms with van der Waals surface area (Å²) in [6, 6.07) is 5.79. The van der Waals surface area contributed by atoms with Crippen molar-refractivity contribution in [1.82, 2.24) is 25.1 Å². The number of aromatic nitrogens is 5. The average Bonchev–Trinajstić information content (AvgIpc) is 2.94. The number of nitrogens with one attached hydrogen (secondary N) is 3. The van der Waals surface area contributed by atoms with Crippen LogP contribution in [0.4, 0.5) is 17.6 Å². The summed E-state index contributed by atoms with van der Waals surface area (Å²) in [5.74, 6) is 1.89. The quantitative estimate of drug-likeness (QED) is 0.648. The van der Waals surface area contributed by atoms with E-state index in [2.05, 4.69) is 51.7 Å². The maximum atomic E-state index is 4.44. The standard InChI is InChI=1S/C14H14BrN7/c1-9-6-12(22-21-9)19-13-11(15)8-18-14(20-13)17-7-10-2-4-16-5-3-10/h2-6,8H,7H2,1H3,(H3,17,18,19,20,21,22). The molecular weight excluding hydrogens is 346 g/mol. The third-order valence-electron chi connectivity index (χ3n) is 2.90. The van der Waals surface area contributed by atoms with Crippen LogP contribution in [0.3, 0.4) is 0 Å². The van der Waals surface area contributed by atoms with Crippen LogP contribution < -0.4 is 10.6 Å². The van der Waals surface area contributed by atoms with Gasteiger partial charge in [0.25, 0.3) is 0 Å². The van der Waals surface area contributed by atoms with Crippen molar-refractivity contribution in [3.63, 3.8) is 0 Å². The Bertz CT molecular complexity index is 757. The van der Waals surface area contributed by atoms with Crippen molar-refractivity contribution in [3.8, 4) is 0 Å². The van der Waals surface area contributed by atoms with Gasteiger partial charge in [-0.25, -0.2) is 4.98 Å². The molecule has 3 rings (SSSR count). The highest BCUT2D eigenvalue weighted by atomic mass is 79.9. The number of anilines is 3. The van der Waals surface area contributed by atoms with Crippen LogP contribution in [0, 0.1) is 6.92 Å². The Hall–Kier alpha value is -2.48. The van der Waals surface area contributed by atoms with E-state index < -0.39 is 0 Å². The number of aryl methyl sites for hydroxylation is 1. The first-order valence-electron chi connectivity index (χ1n) is 6.65. The number of H-pyrrole nitrogens is 1. The lowest BCUT2D eigenvalue weighted by Crippen LogP contribution is -2.05. The van der Waals surface area contributed by atoms with E-state index in [1.807, 2.05) is 25.1 Å². The summed E-state index contributed by atoms with van der Waals surface area (Å²) >= 11 is 3.43. The Morgan fingerprint density at radius 3 is 2.82 bits per heavy atom. The number of rotatable bonds is 5. The minimum Gasteiger partial charge on any atom is -0.350 e. The molecule has 0 saturated carbocycles. The van der Waals surface area contributed by atoms with Crippen LogP contribution in [0.1, 0.15) is 11.3 Å². The Morgan fingerprint density at radius 2 is 2.09 bits per heavy atom. The first kappa shape index (κ1) is 14.5. The van der Waals surface area contributed by atoms with E-state index >= 15 is 0 Å². The Labute approximate surface area is 135 Å². The van der Waals surface area contributed by atoms with Gasteiger partial charge in [-0.2, -0.15) is 10.1 Å². The van der Waals surface area contributed by atoms with Gasteiger partial charge in [0.1, 0.15) is 0 Å². The smallest absolute Gasteiger partial charge is 0.224 e. The molecule has 0 spiro atoms. The highest BCUT2D eigenvalue weighted by molar-refractivity contribution is 9.10. The maximum Gasteiger partial charge on any atom is 0.224 e. The van der Waals surface area contributed by atoms with Gasteiger partial charge >= 0.3 is 0 Å². The number of hydrogen-bond acceptors (Lipinski definition) is 6. The van der Waals surface area contributed by atoms with E-state index in [1.54, 1.807) is 18.6 Å². The predicted octanol–water partition coefficient (Wildman–Crippen LogP) is 3.02. The largest absolute Gasteiger partial charge is 0.350 e. The van der Waals surface area contributed by atoms with E-state index in [-0.39, 0.29) is 0 Å². The molecule has 7 nitrogen and oxygen atoms in total. The first-order valence-corrected chi connectivity index (χ1v) is 7.44. The molecule has 3 aromatic heterocycles. The van der Waals surface area contributed by atoms with Crippen LogP contribution >= 0.6 is 15.9 Å². The van der Waals surface area contributed by atoms with Crippen molar-refractivity contribution in [2.75, 3.05) is 10.6 Å². The molecule has 3 aromatic rings. The molecule has 22 heavy (non-hydrogen) atoms. The Kier molecular flexibility index (Phi) is 4.29. The summed E-state index contributed by atoms with van der Waals surface area (Å²) in [6.07, 6.45) is 5.21. The number of halogens is 1. The van der Waals surface area contributed by atoms with Crippen molar-refractivity contribution in [1.29, 1.82) is 0 Å². The van der Waals surface area contributed by atoms with Crippen LogP contribution in [-0.4, -0.2) is 25.1 Å². The van der Waals surface area contributed by atoms with Gasteiger partial charge in [-0.1, -0.05) is 0 Å². The van der Waals surface area contributed by atoms with E-state index in [9.17, 15) is 0 Å². The van der Waals surface area contributed by atoms with Crippen LogP contribution in [0.15, 0.2) is 41.3 Å². The molecule has 3 N–H and O–H groups in total. The fraction of sp³-hybridized carbons (Fsp3) is 0.143. The third kappa shape index (κ3) is 3.59. The van der Waals surface area contributed by atoms with Crippen LogP contribution in [0.25, 0.3) is 0 Å². The van der Waals surface area contributed by atoms with Gasteiger partial charge in [-0.15, -0.1) is 0 Å². The van der Waals surface area contributed by atoms with Gasteiger partial charge in [0.05, 0.1) is 4.47 Å². The molecule has 0 aliphatic heterocycles. The Balaban J connectivity index is 1.72. The molecule has 0 atom stereocenters. The summed E-state index contributed by atoms with van der Waals surface area (Å²) in [7, 11) is 0. The lowest BCUT2D eigenvalue weighted by Gasteiger charge is -2.08. The second-order valence-corrected chi connectivity index (χ2v) is 5.51. The molecule has 0 aliphatic carbocycles. The molecule has 0 unspecified atom stereocenters. The van der Waals surface area contributed by atoms with Crippen LogP contribution in [0.5, 0.6) is 0 Å². The molecule has 0 amide bonds. The number of pyridine rings is 1. The Morgan fingerprint density at radius 1 is 1.27 bits per heavy atom. The minimum atomic E-state index is 0.537. The van der Waals surface area contributed by atoms with Crippen molar-refractivity contribution < 1.29 is 0 Å². The molecule has 0 aliphatic rings. The summed E-state index contributed by atoms with van der Waals surface area (Å²) in [5.41, 5.74) is 2.09. The van der Waals surface area contributed by atoms with E-state index in [0.29, 0.717) is 24.1 Å². The predicted molar refractivity (Wildman–Crippen MR) is 87.9 cm³/mol. The van der Waals surface area contributed by atoms with Gasteiger partial charge in [0.2, 0.25) is 5.95 Å². The van der Waals surface area contributed by atoms with Crippen molar-refractivity contribution in [2.45, 2.75) is 13.5 Å². The molecule has 0 saturated heterocycles. The fourth-order valence-corrected chi connectivity index (χ4v) is 2.12. The summed E-state index contributed by atoms with van der Waals surface area (Å²) < 4.78 is 0.766. The number of aromatic amines is 1. The maximum absolute atomic E-state index is 4.44. The molecule has 8 heteroatoms. The van der Waals surface area contributed by atoms with E-state index in [4.69, 9.17) is 0 Å². The molecule has 0 radical (unpaired) electrons. The lowest BCUT2D eigenvalue weighted by atomic mass is 10.3. The second-order valence-electron chi connectivity index (χ2n) is 4.66. The molecule has 112 valence electrons. The van der Waals surface area contributed by atoms with Gasteiger partial charge in [0.15, 0.2) is 11.6 Å². The zero-order valence-electron chi connectivity index (χ0n) is 11.8. The molecular formula is C14H14BrN7. The lowest BCUT2D eigenvalue weighted by molar-refractivity contribution is 1.03. The van der Waals surface area contributed by atoms with Crippen LogP contribution in [0.2, 0.25) is 0 Å². The average molecular weight is 360 g/mol. The SMILES string of the molecule is Cc1cc(Nc2nc(NCc3ccncc3)ncc2Br)n[nH]1. The highest BCUT2D eigenvalue weighted by Gasteiger charge is 2.07. The van der Waals surface area contributed by atoms with Gasteiger partial charge in [-0.05, 0) is 40.5 Å². The van der Waals surface area contributed by atoms with Gasteiger partial charge in [0, 0.05) is 36.9 Å². The van der Waals surface area contributed by atoms with Crippen molar-refractivity contribution in [3.05, 3.63) is 52.5 Å². The number of nitrogens with zero attached hydrogens (tertiary/aromatic N) is 4. The summed E-state index contributed by atoms with van der Waals surface area (Å²) in [4.78, 5) is 12.7. The van der Waals surface area contributed by atoms with Crippen LogP contribution in [-0.2, 0) is 6.54 Å². The van der Waals surface area contributed by atoms with Gasteiger partial charge < -0.3 is 10.6 Å². The van der Waals surface area contributed by atoms with E-state index in [0.717, 1.165) is 15.7 Å². The third-order valence-corrected chi connectivity index (χ3v) is 3.48. The number of hydrogen-bond donors (Lipinski definition) is 3.